The molecule has 0 bridgehead atoms. The van der Waals surface area contributed by atoms with Gasteiger partial charge in [-0.2, -0.15) is 0 Å². The first-order valence-electron chi connectivity index (χ1n) is 7.53. The number of nitrogens with one attached hydrogen (secondary N) is 1. The second-order valence-corrected chi connectivity index (χ2v) is 6.47. The maximum absolute atomic E-state index is 3.75. The number of rotatable bonds is 4. The molecule has 0 spiro atoms. The van der Waals surface area contributed by atoms with Crippen LogP contribution in [0.25, 0.3) is 0 Å². The van der Waals surface area contributed by atoms with Crippen molar-refractivity contribution in [2.24, 2.45) is 0 Å². The van der Waals surface area contributed by atoms with Crippen molar-refractivity contribution < 1.29 is 0 Å². The highest BCUT2D eigenvalue weighted by Crippen LogP contribution is 2.34. The number of halogens is 1. The number of nitrogens with zero attached hydrogens (tertiary/aromatic N) is 1. The molecule has 0 radical (unpaired) electrons. The Morgan fingerprint density at radius 3 is 2.38 bits per heavy atom. The Balaban J connectivity index is 1.82. The quantitative estimate of drug-likeness (QED) is 0.868. The maximum Gasteiger partial charge on any atom is 0.0516 e. The summed E-state index contributed by atoms with van der Waals surface area (Å²) >= 11 is 3.75. The van der Waals surface area contributed by atoms with Crippen LogP contribution in [-0.4, -0.2) is 6.54 Å². The topological polar surface area (TPSA) is 15.3 Å². The SMILES string of the molecule is CCNC(C)c1ccc(N2Cc3ccccc3C2)c(Br)c1. The van der Waals surface area contributed by atoms with Crippen LogP contribution in [0.15, 0.2) is 46.9 Å². The zero-order chi connectivity index (χ0) is 14.8. The van der Waals surface area contributed by atoms with Crippen LogP contribution in [0.2, 0.25) is 0 Å². The molecular weight excluding hydrogens is 324 g/mol. The standard InChI is InChI=1S/C18H21BrN2/c1-3-20-13(2)14-8-9-18(17(19)10-14)21-11-15-6-4-5-7-16(15)12-21/h4-10,13,20H,3,11-12H2,1-2H3. The average Bonchev–Trinajstić information content (AvgIpc) is 2.90. The third kappa shape index (κ3) is 2.99. The number of benzene rings is 2. The summed E-state index contributed by atoms with van der Waals surface area (Å²) < 4.78 is 1.18. The average molecular weight is 345 g/mol. The number of fused-ring (bicyclic) bond motifs is 1. The van der Waals surface area contributed by atoms with E-state index in [1.165, 1.54) is 26.9 Å². The van der Waals surface area contributed by atoms with Crippen LogP contribution < -0.4 is 10.2 Å². The van der Waals surface area contributed by atoms with Gasteiger partial charge in [0, 0.05) is 23.6 Å². The Kier molecular flexibility index (Phi) is 4.32. The van der Waals surface area contributed by atoms with Crippen LogP contribution in [0.1, 0.15) is 36.6 Å². The molecule has 21 heavy (non-hydrogen) atoms. The predicted molar refractivity (Wildman–Crippen MR) is 92.6 cm³/mol. The monoisotopic (exact) mass is 344 g/mol. The highest BCUT2D eigenvalue weighted by atomic mass is 79.9. The second-order valence-electron chi connectivity index (χ2n) is 5.61. The first-order valence-corrected chi connectivity index (χ1v) is 8.33. The summed E-state index contributed by atoms with van der Waals surface area (Å²) in [6.45, 7) is 7.33. The van der Waals surface area contributed by atoms with E-state index in [0.717, 1.165) is 19.6 Å². The van der Waals surface area contributed by atoms with Crippen molar-refractivity contribution in [1.29, 1.82) is 0 Å². The van der Waals surface area contributed by atoms with Crippen molar-refractivity contribution in [3.8, 4) is 0 Å². The largest absolute Gasteiger partial charge is 0.362 e. The molecule has 1 atom stereocenters. The molecule has 0 saturated carbocycles. The van der Waals surface area contributed by atoms with Gasteiger partial charge in [0.15, 0.2) is 0 Å². The Hall–Kier alpha value is -1.32. The molecule has 2 nitrogen and oxygen atoms in total. The summed E-state index contributed by atoms with van der Waals surface area (Å²) in [5, 5.41) is 3.46. The van der Waals surface area contributed by atoms with Gasteiger partial charge in [-0.1, -0.05) is 37.3 Å². The minimum Gasteiger partial charge on any atom is -0.362 e. The summed E-state index contributed by atoms with van der Waals surface area (Å²) in [5.41, 5.74) is 5.48. The van der Waals surface area contributed by atoms with Gasteiger partial charge in [0.25, 0.3) is 0 Å². The normalized spacial score (nSPS) is 15.1. The van der Waals surface area contributed by atoms with E-state index in [-0.39, 0.29) is 0 Å². The van der Waals surface area contributed by atoms with Gasteiger partial charge in [0.1, 0.15) is 0 Å². The molecule has 1 unspecified atom stereocenters. The molecule has 110 valence electrons. The Morgan fingerprint density at radius 1 is 1.14 bits per heavy atom. The predicted octanol–water partition coefficient (Wildman–Crippen LogP) is 4.64. The molecule has 1 aliphatic heterocycles. The van der Waals surface area contributed by atoms with Gasteiger partial charge in [-0.25, -0.2) is 0 Å². The first-order chi connectivity index (χ1) is 10.2. The van der Waals surface area contributed by atoms with Gasteiger partial charge >= 0.3 is 0 Å². The molecule has 0 amide bonds. The van der Waals surface area contributed by atoms with Crippen LogP contribution in [0.3, 0.4) is 0 Å². The molecular formula is C18H21BrN2. The van der Waals surface area contributed by atoms with Gasteiger partial charge in [0.05, 0.1) is 5.69 Å². The summed E-state index contributed by atoms with van der Waals surface area (Å²) in [6, 6.07) is 15.8. The highest BCUT2D eigenvalue weighted by Gasteiger charge is 2.20. The van der Waals surface area contributed by atoms with Gasteiger partial charge in [-0.05, 0) is 58.2 Å². The molecule has 0 aliphatic carbocycles. The van der Waals surface area contributed by atoms with E-state index in [2.05, 4.69) is 82.5 Å². The van der Waals surface area contributed by atoms with E-state index in [0.29, 0.717) is 6.04 Å². The molecule has 1 N–H and O–H groups in total. The Bertz CT molecular complexity index is 614. The zero-order valence-electron chi connectivity index (χ0n) is 12.6. The lowest BCUT2D eigenvalue weighted by molar-refractivity contribution is 0.598. The lowest BCUT2D eigenvalue weighted by atomic mass is 10.1. The fourth-order valence-electron chi connectivity index (χ4n) is 2.98. The molecule has 0 aromatic heterocycles. The van der Waals surface area contributed by atoms with Crippen molar-refractivity contribution >= 4 is 21.6 Å². The van der Waals surface area contributed by atoms with E-state index >= 15 is 0 Å². The Labute approximate surface area is 135 Å². The second kappa shape index (κ2) is 6.20. The number of anilines is 1. The summed E-state index contributed by atoms with van der Waals surface area (Å²) in [4.78, 5) is 2.43. The Morgan fingerprint density at radius 2 is 1.81 bits per heavy atom. The minimum atomic E-state index is 0.385. The van der Waals surface area contributed by atoms with E-state index < -0.39 is 0 Å². The molecule has 1 heterocycles. The van der Waals surface area contributed by atoms with E-state index in [1.807, 2.05) is 0 Å². The van der Waals surface area contributed by atoms with E-state index in [4.69, 9.17) is 0 Å². The molecule has 3 rings (SSSR count). The van der Waals surface area contributed by atoms with Crippen molar-refractivity contribution in [3.63, 3.8) is 0 Å². The number of hydrogen-bond donors (Lipinski definition) is 1. The summed E-state index contributed by atoms with van der Waals surface area (Å²) in [7, 11) is 0. The van der Waals surface area contributed by atoms with Crippen molar-refractivity contribution in [2.45, 2.75) is 33.0 Å². The van der Waals surface area contributed by atoms with Gasteiger partial charge in [-0.15, -0.1) is 0 Å². The first kappa shape index (κ1) is 14.6. The summed E-state index contributed by atoms with van der Waals surface area (Å²) in [6.07, 6.45) is 0. The fraction of sp³-hybridized carbons (Fsp3) is 0.333. The highest BCUT2D eigenvalue weighted by molar-refractivity contribution is 9.10. The van der Waals surface area contributed by atoms with Crippen molar-refractivity contribution in [2.75, 3.05) is 11.4 Å². The van der Waals surface area contributed by atoms with E-state index in [9.17, 15) is 0 Å². The van der Waals surface area contributed by atoms with Gasteiger partial charge in [-0.3, -0.25) is 0 Å². The van der Waals surface area contributed by atoms with Crippen LogP contribution in [-0.2, 0) is 13.1 Å². The third-order valence-corrected chi connectivity index (χ3v) is 4.80. The minimum absolute atomic E-state index is 0.385. The zero-order valence-corrected chi connectivity index (χ0v) is 14.2. The van der Waals surface area contributed by atoms with Crippen LogP contribution >= 0.6 is 15.9 Å². The molecule has 2 aromatic carbocycles. The van der Waals surface area contributed by atoms with Gasteiger partial charge in [0.2, 0.25) is 0 Å². The number of hydrogen-bond acceptors (Lipinski definition) is 2. The molecule has 1 aliphatic rings. The van der Waals surface area contributed by atoms with Crippen LogP contribution in [0, 0.1) is 0 Å². The van der Waals surface area contributed by atoms with Crippen molar-refractivity contribution in [3.05, 3.63) is 63.6 Å². The van der Waals surface area contributed by atoms with Crippen LogP contribution in [0.5, 0.6) is 0 Å². The lowest BCUT2D eigenvalue weighted by Crippen LogP contribution is -2.18. The molecule has 0 fully saturated rings. The third-order valence-electron chi connectivity index (χ3n) is 4.16. The smallest absolute Gasteiger partial charge is 0.0516 e. The van der Waals surface area contributed by atoms with Crippen molar-refractivity contribution in [1.82, 2.24) is 5.32 Å². The molecule has 2 aromatic rings. The van der Waals surface area contributed by atoms with Crippen LogP contribution in [0.4, 0.5) is 5.69 Å². The fourth-order valence-corrected chi connectivity index (χ4v) is 3.62. The maximum atomic E-state index is 3.75. The lowest BCUT2D eigenvalue weighted by Gasteiger charge is -2.21. The van der Waals surface area contributed by atoms with Gasteiger partial charge < -0.3 is 10.2 Å². The van der Waals surface area contributed by atoms with E-state index in [1.54, 1.807) is 0 Å². The summed E-state index contributed by atoms with van der Waals surface area (Å²) in [5.74, 6) is 0. The molecule has 3 heteroatoms. The molecule has 0 saturated heterocycles.